The Morgan fingerprint density at radius 2 is 2.08 bits per heavy atom. The van der Waals surface area contributed by atoms with E-state index >= 15 is 0 Å². The predicted octanol–water partition coefficient (Wildman–Crippen LogP) is 0.316. The summed E-state index contributed by atoms with van der Waals surface area (Å²) in [7, 11) is 0. The highest BCUT2D eigenvalue weighted by atomic mass is 32.2. The topological polar surface area (TPSA) is 110 Å². The summed E-state index contributed by atoms with van der Waals surface area (Å²) < 4.78 is 0. The monoisotopic (exact) mass is 369 g/mol. The second-order valence-electron chi connectivity index (χ2n) is 6.97. The second kappa shape index (κ2) is 8.69. The molecule has 1 heterocycles. The molecule has 1 aliphatic carbocycles. The second-order valence-corrected chi connectivity index (χ2v) is 7.95. The number of carbonyl (C=O) groups excluding carboxylic acids is 4. The molecule has 3 amide bonds. The van der Waals surface area contributed by atoms with Gasteiger partial charge in [0.2, 0.25) is 17.7 Å². The highest BCUT2D eigenvalue weighted by Gasteiger charge is 2.39. The van der Waals surface area contributed by atoms with Crippen LogP contribution in [0.4, 0.5) is 0 Å². The number of amides is 3. The first kappa shape index (κ1) is 19.8. The average molecular weight is 369 g/mol. The number of rotatable bonds is 7. The third-order valence-electron chi connectivity index (χ3n) is 5.11. The fourth-order valence-corrected chi connectivity index (χ4v) is 4.15. The molecule has 2 aliphatic rings. The van der Waals surface area contributed by atoms with Crippen LogP contribution in [0, 0.1) is 11.8 Å². The van der Waals surface area contributed by atoms with Crippen molar-refractivity contribution >= 4 is 35.3 Å². The van der Waals surface area contributed by atoms with E-state index in [1.54, 1.807) is 11.8 Å². The van der Waals surface area contributed by atoms with Crippen LogP contribution in [0.2, 0.25) is 0 Å². The molecule has 0 spiro atoms. The van der Waals surface area contributed by atoms with Crippen molar-refractivity contribution in [2.45, 2.75) is 51.1 Å². The van der Waals surface area contributed by atoms with Gasteiger partial charge >= 0.3 is 0 Å². The van der Waals surface area contributed by atoms with Crippen LogP contribution in [0.5, 0.6) is 0 Å². The smallest absolute Gasteiger partial charge is 0.245 e. The maximum atomic E-state index is 12.9. The first-order valence-electron chi connectivity index (χ1n) is 8.76. The van der Waals surface area contributed by atoms with Gasteiger partial charge in [-0.25, -0.2) is 0 Å². The maximum Gasteiger partial charge on any atom is 0.245 e. The fraction of sp³-hybridized carbons (Fsp3) is 0.765. The number of nitrogens with one attached hydrogen (secondary N) is 1. The Morgan fingerprint density at radius 3 is 2.64 bits per heavy atom. The summed E-state index contributed by atoms with van der Waals surface area (Å²) in [6.45, 7) is 2.37. The first-order chi connectivity index (χ1) is 11.8. The summed E-state index contributed by atoms with van der Waals surface area (Å²) in [5.41, 5.74) is 5.40. The molecule has 0 radical (unpaired) electrons. The largest absolute Gasteiger partial charge is 0.368 e. The SMILES string of the molecule is CSCC[C@H](NC(=O)[C@@H]1CC(=O)C[C@@H]1C)C(=O)N1CCC[C@H]1C(N)=O. The van der Waals surface area contributed by atoms with E-state index in [0.717, 1.165) is 6.42 Å². The number of thioether (sulfide) groups is 1. The highest BCUT2D eigenvalue weighted by Crippen LogP contribution is 2.29. The van der Waals surface area contributed by atoms with Crippen molar-refractivity contribution in [1.29, 1.82) is 0 Å². The lowest BCUT2D eigenvalue weighted by Gasteiger charge is -2.28. The number of Topliss-reactive ketones (excluding diaryl/α,β-unsaturated/α-hetero) is 1. The minimum absolute atomic E-state index is 0.00560. The number of nitrogens with two attached hydrogens (primary N) is 1. The van der Waals surface area contributed by atoms with Crippen LogP contribution in [-0.2, 0) is 19.2 Å². The van der Waals surface area contributed by atoms with E-state index in [2.05, 4.69) is 5.32 Å². The van der Waals surface area contributed by atoms with Crippen LogP contribution in [-0.4, -0.2) is 59.0 Å². The Hall–Kier alpha value is -1.57. The third kappa shape index (κ3) is 4.74. The van der Waals surface area contributed by atoms with Gasteiger partial charge in [-0.1, -0.05) is 6.92 Å². The van der Waals surface area contributed by atoms with E-state index in [1.807, 2.05) is 13.2 Å². The molecule has 0 aromatic rings. The number of hydrogen-bond donors (Lipinski definition) is 2. The predicted molar refractivity (Wildman–Crippen MR) is 95.8 cm³/mol. The minimum Gasteiger partial charge on any atom is -0.368 e. The molecule has 4 atom stereocenters. The Labute approximate surface area is 152 Å². The maximum absolute atomic E-state index is 12.9. The number of likely N-dealkylation sites (tertiary alicyclic amines) is 1. The van der Waals surface area contributed by atoms with Gasteiger partial charge in [0, 0.05) is 25.3 Å². The Bertz CT molecular complexity index is 554. The molecule has 1 saturated heterocycles. The molecule has 8 heteroatoms. The molecule has 7 nitrogen and oxygen atoms in total. The first-order valence-corrected chi connectivity index (χ1v) is 10.1. The summed E-state index contributed by atoms with van der Waals surface area (Å²) >= 11 is 1.59. The van der Waals surface area contributed by atoms with Crippen LogP contribution in [0.25, 0.3) is 0 Å². The lowest BCUT2D eigenvalue weighted by Crippen LogP contribution is -2.54. The molecule has 2 fully saturated rings. The van der Waals surface area contributed by atoms with Crippen molar-refractivity contribution in [2.24, 2.45) is 17.6 Å². The zero-order valence-electron chi connectivity index (χ0n) is 14.8. The number of hydrogen-bond acceptors (Lipinski definition) is 5. The minimum atomic E-state index is -0.678. The van der Waals surface area contributed by atoms with E-state index in [-0.39, 0.29) is 35.9 Å². The van der Waals surface area contributed by atoms with E-state index in [1.165, 1.54) is 4.90 Å². The molecule has 1 aliphatic heterocycles. The number of carbonyl (C=O) groups is 4. The molecule has 1 saturated carbocycles. The summed E-state index contributed by atoms with van der Waals surface area (Å²) in [5.74, 6) is -0.570. The Kier molecular flexibility index (Phi) is 6.87. The Balaban J connectivity index is 2.07. The number of primary amides is 1. The van der Waals surface area contributed by atoms with Crippen molar-refractivity contribution in [3.63, 3.8) is 0 Å². The standard InChI is InChI=1S/C17H27N3O4S/c1-10-8-11(21)9-12(10)16(23)19-13(5-7-25-2)17(24)20-6-3-4-14(20)15(18)22/h10,12-14H,3-9H2,1-2H3,(H2,18,22)(H,19,23)/t10-,12+,13-,14-/m0/s1. The van der Waals surface area contributed by atoms with E-state index in [0.29, 0.717) is 31.6 Å². The summed E-state index contributed by atoms with van der Waals surface area (Å²) in [6, 6.07) is -1.27. The molecule has 0 bridgehead atoms. The number of nitrogens with zero attached hydrogens (tertiary/aromatic N) is 1. The van der Waals surface area contributed by atoms with Gasteiger partial charge in [0.05, 0.1) is 0 Å². The highest BCUT2D eigenvalue weighted by molar-refractivity contribution is 7.98. The molecular formula is C17H27N3O4S. The lowest BCUT2D eigenvalue weighted by atomic mass is 9.96. The molecular weight excluding hydrogens is 342 g/mol. The van der Waals surface area contributed by atoms with Crippen molar-refractivity contribution in [3.8, 4) is 0 Å². The summed E-state index contributed by atoms with van der Waals surface area (Å²) in [4.78, 5) is 50.1. The molecule has 140 valence electrons. The van der Waals surface area contributed by atoms with Gasteiger partial charge in [0.1, 0.15) is 17.9 Å². The van der Waals surface area contributed by atoms with Crippen LogP contribution in [0.3, 0.4) is 0 Å². The van der Waals surface area contributed by atoms with Crippen LogP contribution in [0.15, 0.2) is 0 Å². The van der Waals surface area contributed by atoms with Gasteiger partial charge in [-0.15, -0.1) is 0 Å². The molecule has 2 rings (SSSR count). The molecule has 0 aromatic heterocycles. The van der Waals surface area contributed by atoms with E-state index < -0.39 is 18.0 Å². The van der Waals surface area contributed by atoms with Gasteiger partial charge in [-0.05, 0) is 37.2 Å². The van der Waals surface area contributed by atoms with Gasteiger partial charge in [0.25, 0.3) is 0 Å². The lowest BCUT2D eigenvalue weighted by molar-refractivity contribution is -0.141. The summed E-state index contributed by atoms with van der Waals surface area (Å²) in [6.07, 6.45) is 4.38. The van der Waals surface area contributed by atoms with Gasteiger partial charge in [0.15, 0.2) is 0 Å². The van der Waals surface area contributed by atoms with Crippen LogP contribution < -0.4 is 11.1 Å². The molecule has 25 heavy (non-hydrogen) atoms. The van der Waals surface area contributed by atoms with Crippen LogP contribution in [0.1, 0.15) is 39.0 Å². The molecule has 3 N–H and O–H groups in total. The van der Waals surface area contributed by atoms with Gasteiger partial charge in [-0.3, -0.25) is 19.2 Å². The Morgan fingerprint density at radius 1 is 1.36 bits per heavy atom. The zero-order chi connectivity index (χ0) is 18.6. The van der Waals surface area contributed by atoms with E-state index in [4.69, 9.17) is 5.73 Å². The zero-order valence-corrected chi connectivity index (χ0v) is 15.6. The van der Waals surface area contributed by atoms with Crippen molar-refractivity contribution in [2.75, 3.05) is 18.6 Å². The summed E-state index contributed by atoms with van der Waals surface area (Å²) in [5, 5.41) is 2.83. The van der Waals surface area contributed by atoms with Crippen molar-refractivity contribution < 1.29 is 19.2 Å². The fourth-order valence-electron chi connectivity index (χ4n) is 3.68. The van der Waals surface area contributed by atoms with E-state index in [9.17, 15) is 19.2 Å². The molecule has 0 unspecified atom stereocenters. The molecule has 0 aromatic carbocycles. The van der Waals surface area contributed by atoms with Crippen molar-refractivity contribution in [3.05, 3.63) is 0 Å². The number of ketones is 1. The van der Waals surface area contributed by atoms with Crippen LogP contribution >= 0.6 is 11.8 Å². The average Bonchev–Trinajstić information content (AvgIpc) is 3.17. The third-order valence-corrected chi connectivity index (χ3v) is 5.75. The quantitative estimate of drug-likeness (QED) is 0.671. The van der Waals surface area contributed by atoms with Crippen molar-refractivity contribution in [1.82, 2.24) is 10.2 Å². The van der Waals surface area contributed by atoms with Gasteiger partial charge in [-0.2, -0.15) is 11.8 Å². The normalized spacial score (nSPS) is 27.4. The van der Waals surface area contributed by atoms with Gasteiger partial charge < -0.3 is 16.0 Å².